The molecule has 1 unspecified atom stereocenters. The molecule has 0 saturated carbocycles. The minimum Gasteiger partial charge on any atom is -0.245 e. The molecule has 0 bridgehead atoms. The van der Waals surface area contributed by atoms with E-state index in [-0.39, 0.29) is 5.38 Å². The van der Waals surface area contributed by atoms with Crippen molar-refractivity contribution >= 4 is 11.6 Å². The minimum atomic E-state index is 0.190. The van der Waals surface area contributed by atoms with Crippen molar-refractivity contribution in [2.24, 2.45) is 5.92 Å². The molecule has 3 heteroatoms. The lowest BCUT2D eigenvalue weighted by Gasteiger charge is -2.10. The van der Waals surface area contributed by atoms with Crippen molar-refractivity contribution in [3.05, 3.63) is 24.3 Å². The van der Waals surface area contributed by atoms with E-state index in [4.69, 9.17) is 11.6 Å². The summed E-state index contributed by atoms with van der Waals surface area (Å²) < 4.78 is 0. The molecule has 1 atom stereocenters. The second-order valence-corrected chi connectivity index (χ2v) is 4.25. The number of nitrogens with zero attached hydrogens (tertiary/aromatic N) is 2. The van der Waals surface area contributed by atoms with E-state index in [1.54, 1.807) is 12.5 Å². The summed E-state index contributed by atoms with van der Waals surface area (Å²) in [4.78, 5) is 7.99. The van der Waals surface area contributed by atoms with E-state index in [2.05, 4.69) is 23.8 Å². The summed E-state index contributed by atoms with van der Waals surface area (Å²) in [5.74, 6) is 0.643. The van der Waals surface area contributed by atoms with Crippen LogP contribution in [-0.4, -0.2) is 15.3 Å². The molecule has 0 aliphatic carbocycles. The number of alkyl halides is 1. The molecular weight excluding hydrogens is 184 g/mol. The molecule has 0 aliphatic rings. The predicted octanol–water partition coefficient (Wildman–Crippen LogP) is 2.67. The predicted molar refractivity (Wildman–Crippen MR) is 54.8 cm³/mol. The SMILES string of the molecule is CC(C)CC(Cl)Cc1ccncn1. The zero-order chi connectivity index (χ0) is 9.68. The Morgan fingerprint density at radius 3 is 2.77 bits per heavy atom. The van der Waals surface area contributed by atoms with Crippen molar-refractivity contribution in [3.8, 4) is 0 Å². The van der Waals surface area contributed by atoms with Crippen LogP contribution in [-0.2, 0) is 6.42 Å². The van der Waals surface area contributed by atoms with Crippen molar-refractivity contribution in [1.29, 1.82) is 0 Å². The van der Waals surface area contributed by atoms with Crippen LogP contribution in [0.2, 0.25) is 0 Å². The fourth-order valence-corrected chi connectivity index (χ4v) is 1.78. The Balaban J connectivity index is 2.41. The highest BCUT2D eigenvalue weighted by Crippen LogP contribution is 2.14. The van der Waals surface area contributed by atoms with Gasteiger partial charge in [0, 0.05) is 23.7 Å². The quantitative estimate of drug-likeness (QED) is 0.696. The molecule has 0 amide bonds. The van der Waals surface area contributed by atoms with Gasteiger partial charge in [-0.3, -0.25) is 0 Å². The maximum atomic E-state index is 6.15. The zero-order valence-electron chi connectivity index (χ0n) is 8.07. The fraction of sp³-hybridized carbons (Fsp3) is 0.600. The molecule has 1 aromatic rings. The molecule has 1 aromatic heterocycles. The third kappa shape index (κ3) is 4.23. The lowest BCUT2D eigenvalue weighted by atomic mass is 10.0. The summed E-state index contributed by atoms with van der Waals surface area (Å²) in [7, 11) is 0. The van der Waals surface area contributed by atoms with E-state index in [0.717, 1.165) is 18.5 Å². The standard InChI is InChI=1S/C10H15ClN2/c1-8(2)5-9(11)6-10-3-4-12-7-13-10/h3-4,7-9H,5-6H2,1-2H3. The molecule has 0 spiro atoms. The molecule has 0 fully saturated rings. The van der Waals surface area contributed by atoms with Crippen molar-refractivity contribution in [1.82, 2.24) is 9.97 Å². The van der Waals surface area contributed by atoms with E-state index < -0.39 is 0 Å². The monoisotopic (exact) mass is 198 g/mol. The third-order valence-corrected chi connectivity index (χ3v) is 2.13. The van der Waals surface area contributed by atoms with Gasteiger partial charge in [0.15, 0.2) is 0 Å². The molecule has 13 heavy (non-hydrogen) atoms. The van der Waals surface area contributed by atoms with Crippen LogP contribution in [0.1, 0.15) is 26.0 Å². The Labute approximate surface area is 84.4 Å². The minimum absolute atomic E-state index is 0.190. The van der Waals surface area contributed by atoms with Gasteiger partial charge < -0.3 is 0 Å². The van der Waals surface area contributed by atoms with Gasteiger partial charge in [0.25, 0.3) is 0 Å². The first-order valence-corrected chi connectivity index (χ1v) is 5.01. The number of hydrogen-bond donors (Lipinski definition) is 0. The van der Waals surface area contributed by atoms with Crippen LogP contribution in [0.4, 0.5) is 0 Å². The molecule has 0 N–H and O–H groups in total. The van der Waals surface area contributed by atoms with Crippen molar-refractivity contribution in [3.63, 3.8) is 0 Å². The molecule has 0 aromatic carbocycles. The van der Waals surface area contributed by atoms with Crippen LogP contribution in [0.5, 0.6) is 0 Å². The number of aromatic nitrogens is 2. The molecule has 2 nitrogen and oxygen atoms in total. The van der Waals surface area contributed by atoms with E-state index in [1.165, 1.54) is 0 Å². The van der Waals surface area contributed by atoms with Gasteiger partial charge in [0.2, 0.25) is 0 Å². The highest BCUT2D eigenvalue weighted by Gasteiger charge is 2.08. The summed E-state index contributed by atoms with van der Waals surface area (Å²) in [6.07, 6.45) is 5.18. The summed E-state index contributed by atoms with van der Waals surface area (Å²) in [6.45, 7) is 4.35. The smallest absolute Gasteiger partial charge is 0.115 e. The fourth-order valence-electron chi connectivity index (χ4n) is 1.26. The maximum Gasteiger partial charge on any atom is 0.115 e. The Morgan fingerprint density at radius 2 is 2.23 bits per heavy atom. The third-order valence-electron chi connectivity index (χ3n) is 1.80. The Kier molecular flexibility index (Phi) is 4.16. The maximum absolute atomic E-state index is 6.15. The van der Waals surface area contributed by atoms with Gasteiger partial charge in [0.1, 0.15) is 6.33 Å². The van der Waals surface area contributed by atoms with Crippen LogP contribution in [0.3, 0.4) is 0 Å². The highest BCUT2D eigenvalue weighted by molar-refractivity contribution is 6.20. The van der Waals surface area contributed by atoms with Gasteiger partial charge in [-0.15, -0.1) is 11.6 Å². The van der Waals surface area contributed by atoms with Crippen molar-refractivity contribution in [2.75, 3.05) is 0 Å². The number of hydrogen-bond acceptors (Lipinski definition) is 2. The Morgan fingerprint density at radius 1 is 1.46 bits per heavy atom. The lowest BCUT2D eigenvalue weighted by molar-refractivity contribution is 0.558. The van der Waals surface area contributed by atoms with Gasteiger partial charge in [-0.2, -0.15) is 0 Å². The van der Waals surface area contributed by atoms with Gasteiger partial charge in [-0.05, 0) is 18.4 Å². The van der Waals surface area contributed by atoms with Crippen LogP contribution in [0.15, 0.2) is 18.6 Å². The molecular formula is C10H15ClN2. The first-order valence-electron chi connectivity index (χ1n) is 4.57. The average Bonchev–Trinajstić information content (AvgIpc) is 2.04. The zero-order valence-corrected chi connectivity index (χ0v) is 8.83. The topological polar surface area (TPSA) is 25.8 Å². The van der Waals surface area contributed by atoms with Gasteiger partial charge in [-0.25, -0.2) is 9.97 Å². The summed E-state index contributed by atoms with van der Waals surface area (Å²) in [5.41, 5.74) is 1.02. The van der Waals surface area contributed by atoms with Crippen LogP contribution in [0, 0.1) is 5.92 Å². The molecule has 0 radical (unpaired) electrons. The lowest BCUT2D eigenvalue weighted by Crippen LogP contribution is -2.08. The van der Waals surface area contributed by atoms with Crippen LogP contribution < -0.4 is 0 Å². The molecule has 72 valence electrons. The molecule has 0 saturated heterocycles. The van der Waals surface area contributed by atoms with Gasteiger partial charge in [0.05, 0.1) is 0 Å². The Hall–Kier alpha value is -0.630. The first kappa shape index (κ1) is 10.5. The van der Waals surface area contributed by atoms with E-state index in [9.17, 15) is 0 Å². The summed E-state index contributed by atoms with van der Waals surface area (Å²) in [5, 5.41) is 0.190. The number of halogens is 1. The van der Waals surface area contributed by atoms with Gasteiger partial charge in [-0.1, -0.05) is 13.8 Å². The second kappa shape index (κ2) is 5.18. The summed E-state index contributed by atoms with van der Waals surface area (Å²) >= 11 is 6.15. The average molecular weight is 199 g/mol. The first-order chi connectivity index (χ1) is 6.18. The van der Waals surface area contributed by atoms with Gasteiger partial charge >= 0.3 is 0 Å². The van der Waals surface area contributed by atoms with Crippen LogP contribution >= 0.6 is 11.6 Å². The van der Waals surface area contributed by atoms with E-state index >= 15 is 0 Å². The normalized spacial score (nSPS) is 13.2. The summed E-state index contributed by atoms with van der Waals surface area (Å²) in [6, 6.07) is 1.91. The number of rotatable bonds is 4. The second-order valence-electron chi connectivity index (χ2n) is 3.63. The van der Waals surface area contributed by atoms with E-state index in [1.807, 2.05) is 6.07 Å². The molecule has 0 aliphatic heterocycles. The Bertz CT molecular complexity index is 236. The highest BCUT2D eigenvalue weighted by atomic mass is 35.5. The van der Waals surface area contributed by atoms with Crippen molar-refractivity contribution < 1.29 is 0 Å². The van der Waals surface area contributed by atoms with E-state index in [0.29, 0.717) is 5.92 Å². The largest absolute Gasteiger partial charge is 0.245 e. The molecule has 1 heterocycles. The van der Waals surface area contributed by atoms with Crippen molar-refractivity contribution in [2.45, 2.75) is 32.1 Å². The molecule has 1 rings (SSSR count). The van der Waals surface area contributed by atoms with Crippen LogP contribution in [0.25, 0.3) is 0 Å².